The van der Waals surface area contributed by atoms with Crippen molar-refractivity contribution in [1.82, 2.24) is 0 Å². The summed E-state index contributed by atoms with van der Waals surface area (Å²) in [5, 5.41) is 0. The van der Waals surface area contributed by atoms with E-state index in [-0.39, 0.29) is 11.2 Å². The largest absolute Gasteiger partial charge is 0.490 e. The van der Waals surface area contributed by atoms with Crippen molar-refractivity contribution in [3.63, 3.8) is 0 Å². The molecule has 17 heavy (non-hydrogen) atoms. The molecular formula is C14H19FOS. The van der Waals surface area contributed by atoms with Crippen molar-refractivity contribution in [2.45, 2.75) is 32.6 Å². The lowest BCUT2D eigenvalue weighted by molar-refractivity contribution is 0.167. The summed E-state index contributed by atoms with van der Waals surface area (Å²) in [7, 11) is 0. The quantitative estimate of drug-likeness (QED) is 0.799. The highest BCUT2D eigenvalue weighted by Crippen LogP contribution is 2.39. The van der Waals surface area contributed by atoms with Gasteiger partial charge in [-0.3, -0.25) is 0 Å². The van der Waals surface area contributed by atoms with Crippen molar-refractivity contribution in [1.29, 1.82) is 0 Å². The predicted octanol–water partition coefficient (Wildman–Crippen LogP) is 4.00. The molecule has 1 aromatic rings. The van der Waals surface area contributed by atoms with Crippen molar-refractivity contribution in [3.8, 4) is 5.75 Å². The standard InChI is InChI=1S/C14H19FOS/c1-11-5-4-6-12(13(11)15)16-9-14(10-17)7-2-3-8-14/h4-6,17H,2-3,7-10H2,1H3. The van der Waals surface area contributed by atoms with Crippen LogP contribution in [0.15, 0.2) is 18.2 Å². The second kappa shape index (κ2) is 5.30. The Hall–Kier alpha value is -0.700. The van der Waals surface area contributed by atoms with Crippen molar-refractivity contribution in [3.05, 3.63) is 29.6 Å². The molecule has 2 rings (SSSR count). The van der Waals surface area contributed by atoms with Crippen LogP contribution >= 0.6 is 12.6 Å². The molecule has 1 aliphatic rings. The lowest BCUT2D eigenvalue weighted by atomic mass is 9.90. The molecule has 0 heterocycles. The number of benzene rings is 1. The van der Waals surface area contributed by atoms with Gasteiger partial charge in [0.1, 0.15) is 0 Å². The zero-order chi connectivity index (χ0) is 12.3. The first-order valence-electron chi connectivity index (χ1n) is 6.16. The molecule has 3 heteroatoms. The van der Waals surface area contributed by atoms with E-state index in [0.717, 1.165) is 18.6 Å². The number of hydrogen-bond donors (Lipinski definition) is 1. The third kappa shape index (κ3) is 2.76. The number of aryl methyl sites for hydroxylation is 1. The zero-order valence-corrected chi connectivity index (χ0v) is 11.1. The lowest BCUT2D eigenvalue weighted by Crippen LogP contribution is -2.27. The zero-order valence-electron chi connectivity index (χ0n) is 10.2. The molecule has 0 aromatic heterocycles. The highest BCUT2D eigenvalue weighted by molar-refractivity contribution is 7.80. The van der Waals surface area contributed by atoms with Gasteiger partial charge in [0.2, 0.25) is 0 Å². The number of hydrogen-bond acceptors (Lipinski definition) is 2. The second-order valence-corrected chi connectivity index (χ2v) is 5.36. The minimum Gasteiger partial charge on any atom is -0.490 e. The van der Waals surface area contributed by atoms with Crippen molar-refractivity contribution in [2.75, 3.05) is 12.4 Å². The van der Waals surface area contributed by atoms with E-state index >= 15 is 0 Å². The van der Waals surface area contributed by atoms with Crippen molar-refractivity contribution in [2.24, 2.45) is 5.41 Å². The first-order valence-corrected chi connectivity index (χ1v) is 6.79. The molecule has 0 bridgehead atoms. The van der Waals surface area contributed by atoms with Crippen LogP contribution in [0.5, 0.6) is 5.75 Å². The molecule has 0 radical (unpaired) electrons. The van der Waals surface area contributed by atoms with Crippen LogP contribution in [0.1, 0.15) is 31.2 Å². The average Bonchev–Trinajstić information content (AvgIpc) is 2.81. The molecule has 1 fully saturated rings. The van der Waals surface area contributed by atoms with Crippen molar-refractivity contribution >= 4 is 12.6 Å². The summed E-state index contributed by atoms with van der Waals surface area (Å²) in [5.41, 5.74) is 0.785. The molecule has 0 saturated heterocycles. The molecule has 0 spiro atoms. The number of ether oxygens (including phenoxy) is 1. The van der Waals surface area contributed by atoms with E-state index in [1.54, 1.807) is 19.1 Å². The van der Waals surface area contributed by atoms with E-state index in [2.05, 4.69) is 12.6 Å². The molecule has 0 aliphatic heterocycles. The smallest absolute Gasteiger partial charge is 0.167 e. The van der Waals surface area contributed by atoms with Crippen LogP contribution in [-0.2, 0) is 0 Å². The van der Waals surface area contributed by atoms with Gasteiger partial charge in [-0.2, -0.15) is 12.6 Å². The van der Waals surface area contributed by atoms with Gasteiger partial charge in [-0.15, -0.1) is 0 Å². The summed E-state index contributed by atoms with van der Waals surface area (Å²) in [6.45, 7) is 2.34. The Bertz CT molecular complexity index is 386. The maximum absolute atomic E-state index is 13.8. The van der Waals surface area contributed by atoms with Gasteiger partial charge in [-0.25, -0.2) is 4.39 Å². The van der Waals surface area contributed by atoms with E-state index in [1.807, 2.05) is 6.07 Å². The minimum atomic E-state index is -0.236. The monoisotopic (exact) mass is 254 g/mol. The molecule has 0 N–H and O–H groups in total. The van der Waals surface area contributed by atoms with E-state index in [9.17, 15) is 4.39 Å². The van der Waals surface area contributed by atoms with Gasteiger partial charge < -0.3 is 4.74 Å². The average molecular weight is 254 g/mol. The van der Waals surface area contributed by atoms with Crippen LogP contribution in [0.2, 0.25) is 0 Å². The molecule has 1 aliphatic carbocycles. The minimum absolute atomic E-state index is 0.152. The lowest BCUT2D eigenvalue weighted by Gasteiger charge is -2.26. The SMILES string of the molecule is Cc1cccc(OCC2(CS)CCCC2)c1F. The maximum atomic E-state index is 13.8. The van der Waals surface area contributed by atoms with Gasteiger partial charge in [0.05, 0.1) is 6.61 Å². The Morgan fingerprint density at radius 2 is 2.06 bits per heavy atom. The summed E-state index contributed by atoms with van der Waals surface area (Å²) in [6.07, 6.45) is 4.76. The normalized spacial score (nSPS) is 18.3. The van der Waals surface area contributed by atoms with E-state index in [4.69, 9.17) is 4.74 Å². The van der Waals surface area contributed by atoms with Crippen LogP contribution in [0, 0.1) is 18.2 Å². The van der Waals surface area contributed by atoms with Gasteiger partial charge in [-0.1, -0.05) is 25.0 Å². The fraction of sp³-hybridized carbons (Fsp3) is 0.571. The van der Waals surface area contributed by atoms with Crippen LogP contribution in [-0.4, -0.2) is 12.4 Å². The third-order valence-electron chi connectivity index (χ3n) is 3.69. The number of thiol groups is 1. The highest BCUT2D eigenvalue weighted by atomic mass is 32.1. The molecule has 1 saturated carbocycles. The Morgan fingerprint density at radius 1 is 1.35 bits per heavy atom. The molecule has 94 valence electrons. The molecule has 0 unspecified atom stereocenters. The van der Waals surface area contributed by atoms with Crippen molar-refractivity contribution < 1.29 is 9.13 Å². The maximum Gasteiger partial charge on any atom is 0.167 e. The van der Waals surface area contributed by atoms with E-state index in [1.165, 1.54) is 12.8 Å². The molecule has 0 amide bonds. The second-order valence-electron chi connectivity index (χ2n) is 5.04. The fourth-order valence-electron chi connectivity index (χ4n) is 2.44. The van der Waals surface area contributed by atoms with E-state index < -0.39 is 0 Å². The molecular weight excluding hydrogens is 235 g/mol. The first kappa shape index (κ1) is 12.7. The van der Waals surface area contributed by atoms with Gasteiger partial charge in [-0.05, 0) is 37.1 Å². The van der Waals surface area contributed by atoms with Crippen LogP contribution in [0.3, 0.4) is 0 Å². The Balaban J connectivity index is 2.04. The molecule has 0 atom stereocenters. The number of rotatable bonds is 4. The Kier molecular flexibility index (Phi) is 3.97. The number of halogens is 1. The van der Waals surface area contributed by atoms with Crippen LogP contribution in [0.4, 0.5) is 4.39 Å². The summed E-state index contributed by atoms with van der Waals surface area (Å²) in [4.78, 5) is 0. The predicted molar refractivity (Wildman–Crippen MR) is 71.4 cm³/mol. The van der Waals surface area contributed by atoms with Gasteiger partial charge in [0.15, 0.2) is 11.6 Å². The topological polar surface area (TPSA) is 9.23 Å². The summed E-state index contributed by atoms with van der Waals surface area (Å²) < 4.78 is 19.4. The highest BCUT2D eigenvalue weighted by Gasteiger charge is 2.33. The summed E-state index contributed by atoms with van der Waals surface area (Å²) in [6, 6.07) is 5.28. The Labute approximate surface area is 108 Å². The Morgan fingerprint density at radius 3 is 2.71 bits per heavy atom. The van der Waals surface area contributed by atoms with Crippen LogP contribution < -0.4 is 4.74 Å². The van der Waals surface area contributed by atoms with Crippen LogP contribution in [0.25, 0.3) is 0 Å². The summed E-state index contributed by atoms with van der Waals surface area (Å²) in [5.74, 6) is 0.957. The fourth-order valence-corrected chi connectivity index (χ4v) is 2.84. The summed E-state index contributed by atoms with van der Waals surface area (Å²) >= 11 is 4.42. The molecule has 1 aromatic carbocycles. The first-order chi connectivity index (χ1) is 8.17. The van der Waals surface area contributed by atoms with Gasteiger partial charge in [0.25, 0.3) is 0 Å². The van der Waals surface area contributed by atoms with Gasteiger partial charge >= 0.3 is 0 Å². The molecule has 1 nitrogen and oxygen atoms in total. The van der Waals surface area contributed by atoms with Gasteiger partial charge in [0, 0.05) is 5.41 Å². The third-order valence-corrected chi connectivity index (χ3v) is 4.36. The van der Waals surface area contributed by atoms with E-state index in [0.29, 0.717) is 17.9 Å².